The second-order valence-electron chi connectivity index (χ2n) is 3.13. The molecule has 1 heterocycles. The van der Waals surface area contributed by atoms with Gasteiger partial charge in [0.05, 0.1) is 6.10 Å². The van der Waals surface area contributed by atoms with Crippen molar-refractivity contribution in [2.75, 3.05) is 11.9 Å². The quantitative estimate of drug-likeness (QED) is 0.811. The fourth-order valence-electron chi connectivity index (χ4n) is 0.887. The third-order valence-corrected chi connectivity index (χ3v) is 1.72. The summed E-state index contributed by atoms with van der Waals surface area (Å²) in [6, 6.07) is 1.15. The van der Waals surface area contributed by atoms with Gasteiger partial charge in [0, 0.05) is 12.6 Å². The molecular formula is C8H9ClF3N3O. The van der Waals surface area contributed by atoms with E-state index < -0.39 is 18.1 Å². The highest BCUT2D eigenvalue weighted by atomic mass is 35.5. The normalized spacial score (nSPS) is 13.6. The van der Waals surface area contributed by atoms with E-state index in [-0.39, 0.29) is 17.5 Å². The summed E-state index contributed by atoms with van der Waals surface area (Å²) in [5.41, 5.74) is 0. The van der Waals surface area contributed by atoms with Crippen LogP contribution in [0.3, 0.4) is 0 Å². The molecule has 4 nitrogen and oxygen atoms in total. The molecule has 0 saturated heterocycles. The van der Waals surface area contributed by atoms with Gasteiger partial charge < -0.3 is 10.4 Å². The average Bonchev–Trinajstić information content (AvgIpc) is 2.12. The Bertz CT molecular complexity index is 370. The Balaban J connectivity index is 2.90. The maximum Gasteiger partial charge on any atom is 0.451 e. The van der Waals surface area contributed by atoms with E-state index >= 15 is 0 Å². The van der Waals surface area contributed by atoms with Crippen LogP contribution in [0.15, 0.2) is 6.07 Å². The highest BCUT2D eigenvalue weighted by Gasteiger charge is 2.35. The Morgan fingerprint density at radius 1 is 1.50 bits per heavy atom. The molecule has 1 aromatic heterocycles. The molecule has 2 N–H and O–H groups in total. The molecule has 16 heavy (non-hydrogen) atoms. The molecule has 1 atom stereocenters. The lowest BCUT2D eigenvalue weighted by atomic mass is 10.4. The summed E-state index contributed by atoms with van der Waals surface area (Å²) in [5, 5.41) is 11.2. The molecule has 1 unspecified atom stereocenters. The molecule has 0 aliphatic carbocycles. The lowest BCUT2D eigenvalue weighted by molar-refractivity contribution is -0.144. The van der Waals surface area contributed by atoms with Crippen LogP contribution >= 0.6 is 11.6 Å². The van der Waals surface area contributed by atoms with Crippen molar-refractivity contribution in [1.29, 1.82) is 0 Å². The molecule has 0 saturated carbocycles. The molecule has 1 rings (SSSR count). The molecular weight excluding hydrogens is 247 g/mol. The second kappa shape index (κ2) is 4.84. The number of hydrogen-bond acceptors (Lipinski definition) is 4. The van der Waals surface area contributed by atoms with Crippen LogP contribution in [0.4, 0.5) is 19.0 Å². The van der Waals surface area contributed by atoms with Gasteiger partial charge in [-0.15, -0.1) is 0 Å². The van der Waals surface area contributed by atoms with Gasteiger partial charge >= 0.3 is 6.18 Å². The van der Waals surface area contributed by atoms with E-state index in [1.165, 1.54) is 6.92 Å². The van der Waals surface area contributed by atoms with Crippen molar-refractivity contribution < 1.29 is 18.3 Å². The molecule has 8 heteroatoms. The van der Waals surface area contributed by atoms with E-state index in [9.17, 15) is 13.2 Å². The maximum absolute atomic E-state index is 12.3. The summed E-state index contributed by atoms with van der Waals surface area (Å²) in [6.45, 7) is 1.56. The molecule has 0 amide bonds. The minimum Gasteiger partial charge on any atom is -0.392 e. The largest absolute Gasteiger partial charge is 0.451 e. The van der Waals surface area contributed by atoms with Gasteiger partial charge in [-0.05, 0) is 6.92 Å². The third kappa shape index (κ3) is 3.82. The Kier molecular flexibility index (Phi) is 3.93. The van der Waals surface area contributed by atoms with Crippen LogP contribution in [-0.4, -0.2) is 27.7 Å². The first-order valence-electron chi connectivity index (χ1n) is 4.33. The molecule has 0 aliphatic rings. The number of nitrogens with zero attached hydrogens (tertiary/aromatic N) is 2. The lowest BCUT2D eigenvalue weighted by Crippen LogP contribution is -2.18. The van der Waals surface area contributed by atoms with Gasteiger partial charge in [-0.25, -0.2) is 9.97 Å². The number of aliphatic hydroxyl groups excluding tert-OH is 1. The number of anilines is 1. The molecule has 1 aromatic rings. The van der Waals surface area contributed by atoms with Crippen molar-refractivity contribution in [2.45, 2.75) is 19.2 Å². The molecule has 90 valence electrons. The van der Waals surface area contributed by atoms with Crippen LogP contribution in [0, 0.1) is 0 Å². The van der Waals surface area contributed by atoms with Gasteiger partial charge in [-0.1, -0.05) is 11.6 Å². The molecule has 0 spiro atoms. The standard InChI is InChI=1S/C8H9ClF3N3O/c1-4(16)3-13-6-2-5(9)14-7(15-6)8(10,11)12/h2,4,16H,3H2,1H3,(H,13,14,15). The van der Waals surface area contributed by atoms with Gasteiger partial charge in [-0.2, -0.15) is 13.2 Å². The predicted molar refractivity (Wildman–Crippen MR) is 52.2 cm³/mol. The number of nitrogens with one attached hydrogen (secondary N) is 1. The summed E-state index contributed by atoms with van der Waals surface area (Å²) in [7, 11) is 0. The number of aromatic nitrogens is 2. The Morgan fingerprint density at radius 3 is 2.62 bits per heavy atom. The summed E-state index contributed by atoms with van der Waals surface area (Å²) < 4.78 is 36.9. The molecule has 0 aromatic carbocycles. The maximum atomic E-state index is 12.3. The summed E-state index contributed by atoms with van der Waals surface area (Å²) in [6.07, 6.45) is -5.35. The fourth-order valence-corrected chi connectivity index (χ4v) is 1.07. The van der Waals surface area contributed by atoms with Gasteiger partial charge in [0.1, 0.15) is 11.0 Å². The Morgan fingerprint density at radius 2 is 2.12 bits per heavy atom. The third-order valence-electron chi connectivity index (χ3n) is 1.53. The van der Waals surface area contributed by atoms with Crippen molar-refractivity contribution in [3.05, 3.63) is 17.0 Å². The van der Waals surface area contributed by atoms with E-state index in [2.05, 4.69) is 15.3 Å². The summed E-state index contributed by atoms with van der Waals surface area (Å²) in [4.78, 5) is 6.29. The van der Waals surface area contributed by atoms with Crippen LogP contribution in [-0.2, 0) is 6.18 Å². The highest BCUT2D eigenvalue weighted by molar-refractivity contribution is 6.29. The van der Waals surface area contributed by atoms with Gasteiger partial charge in [0.15, 0.2) is 0 Å². The summed E-state index contributed by atoms with van der Waals surface area (Å²) in [5.74, 6) is -1.39. The van der Waals surface area contributed by atoms with E-state index in [0.717, 1.165) is 6.07 Å². The smallest absolute Gasteiger partial charge is 0.392 e. The topological polar surface area (TPSA) is 58.0 Å². The van der Waals surface area contributed by atoms with Crippen molar-refractivity contribution in [1.82, 2.24) is 9.97 Å². The first-order chi connectivity index (χ1) is 7.29. The zero-order valence-electron chi connectivity index (χ0n) is 8.22. The summed E-state index contributed by atoms with van der Waals surface area (Å²) >= 11 is 5.42. The Labute approximate surface area is 94.5 Å². The first kappa shape index (κ1) is 13.0. The SMILES string of the molecule is CC(O)CNc1cc(Cl)nc(C(F)(F)F)n1. The minimum atomic E-state index is -4.65. The molecule has 0 fully saturated rings. The second-order valence-corrected chi connectivity index (χ2v) is 3.51. The first-order valence-corrected chi connectivity index (χ1v) is 4.70. The molecule has 0 aliphatic heterocycles. The Hall–Kier alpha value is -1.08. The van der Waals surface area contributed by atoms with E-state index in [1.807, 2.05) is 0 Å². The van der Waals surface area contributed by atoms with Gasteiger partial charge in [0.25, 0.3) is 0 Å². The monoisotopic (exact) mass is 255 g/mol. The molecule has 0 radical (unpaired) electrons. The van der Waals surface area contributed by atoms with E-state index in [0.29, 0.717) is 0 Å². The number of halogens is 4. The number of rotatable bonds is 3. The zero-order valence-corrected chi connectivity index (χ0v) is 8.97. The van der Waals surface area contributed by atoms with E-state index in [4.69, 9.17) is 16.7 Å². The van der Waals surface area contributed by atoms with Crippen molar-refractivity contribution in [3.8, 4) is 0 Å². The highest BCUT2D eigenvalue weighted by Crippen LogP contribution is 2.28. The van der Waals surface area contributed by atoms with Gasteiger partial charge in [-0.3, -0.25) is 0 Å². The van der Waals surface area contributed by atoms with Crippen LogP contribution in [0.1, 0.15) is 12.7 Å². The van der Waals surface area contributed by atoms with Gasteiger partial charge in [0.2, 0.25) is 5.82 Å². The zero-order chi connectivity index (χ0) is 12.3. The number of alkyl halides is 3. The van der Waals surface area contributed by atoms with Crippen LogP contribution in [0.5, 0.6) is 0 Å². The number of aliphatic hydroxyl groups is 1. The minimum absolute atomic E-state index is 0.0740. The predicted octanol–water partition coefficient (Wildman–Crippen LogP) is 1.94. The lowest BCUT2D eigenvalue weighted by Gasteiger charge is -2.10. The van der Waals surface area contributed by atoms with Crippen LogP contribution < -0.4 is 5.32 Å². The fraction of sp³-hybridized carbons (Fsp3) is 0.500. The average molecular weight is 256 g/mol. The van der Waals surface area contributed by atoms with Crippen molar-refractivity contribution in [2.24, 2.45) is 0 Å². The van der Waals surface area contributed by atoms with Crippen LogP contribution in [0.2, 0.25) is 5.15 Å². The van der Waals surface area contributed by atoms with Crippen molar-refractivity contribution >= 4 is 17.4 Å². The molecule has 0 bridgehead atoms. The number of hydrogen-bond donors (Lipinski definition) is 2. The van der Waals surface area contributed by atoms with Crippen molar-refractivity contribution in [3.63, 3.8) is 0 Å². The van der Waals surface area contributed by atoms with E-state index in [1.54, 1.807) is 0 Å². The van der Waals surface area contributed by atoms with Crippen LogP contribution in [0.25, 0.3) is 0 Å².